The minimum absolute atomic E-state index is 0.0542. The molecular weight excluding hydrogens is 514 g/mol. The number of carbonyl (C=O) groups excluding carboxylic acids is 2. The molecule has 0 atom stereocenters. The molecule has 0 aliphatic rings. The highest BCUT2D eigenvalue weighted by molar-refractivity contribution is 9.10. The van der Waals surface area contributed by atoms with Crippen LogP contribution in [0.4, 0.5) is 0 Å². The van der Waals surface area contributed by atoms with Crippen molar-refractivity contribution in [3.05, 3.63) is 56.5 Å². The van der Waals surface area contributed by atoms with Crippen molar-refractivity contribution in [1.29, 1.82) is 0 Å². The Morgan fingerprint density at radius 3 is 2.46 bits per heavy atom. The van der Waals surface area contributed by atoms with Gasteiger partial charge in [0.25, 0.3) is 11.8 Å². The molecule has 0 bridgehead atoms. The van der Waals surface area contributed by atoms with Crippen LogP contribution in [0.3, 0.4) is 0 Å². The maximum absolute atomic E-state index is 12.1. The standard InChI is InChI=1S/C18H17Br2N3O4S/c1-10-7-12(4-5-13(10)19)27-9-16(24)21-18(28)23-22-17(25)11-3-6-15(26-2)14(20)8-11/h3-8H,9H2,1-2H3,(H,22,25)(H2,21,23,24,28). The molecule has 2 aromatic carbocycles. The van der Waals surface area contributed by atoms with Crippen molar-refractivity contribution >= 4 is 61.0 Å². The van der Waals surface area contributed by atoms with Crippen LogP contribution in [0.2, 0.25) is 0 Å². The fraction of sp³-hybridized carbons (Fsp3) is 0.167. The van der Waals surface area contributed by atoms with Gasteiger partial charge in [0.1, 0.15) is 11.5 Å². The Labute approximate surface area is 184 Å². The van der Waals surface area contributed by atoms with E-state index < -0.39 is 11.8 Å². The summed E-state index contributed by atoms with van der Waals surface area (Å²) in [6, 6.07) is 10.2. The summed E-state index contributed by atoms with van der Waals surface area (Å²) in [5.41, 5.74) is 6.24. The molecular formula is C18H17Br2N3O4S. The molecule has 0 saturated heterocycles. The second-order valence-electron chi connectivity index (χ2n) is 5.51. The summed E-state index contributed by atoms with van der Waals surface area (Å²) < 4.78 is 12.1. The Kier molecular flexibility index (Phi) is 8.21. The van der Waals surface area contributed by atoms with Crippen molar-refractivity contribution in [2.75, 3.05) is 13.7 Å². The quantitative estimate of drug-likeness (QED) is 0.406. The highest BCUT2D eigenvalue weighted by atomic mass is 79.9. The number of benzene rings is 2. The van der Waals surface area contributed by atoms with Crippen LogP contribution in [0.1, 0.15) is 15.9 Å². The van der Waals surface area contributed by atoms with Crippen LogP contribution in [0.5, 0.6) is 11.5 Å². The van der Waals surface area contributed by atoms with E-state index in [2.05, 4.69) is 48.0 Å². The zero-order chi connectivity index (χ0) is 20.7. The number of aryl methyl sites for hydroxylation is 1. The van der Waals surface area contributed by atoms with Gasteiger partial charge in [-0.15, -0.1) is 0 Å². The van der Waals surface area contributed by atoms with Crippen molar-refractivity contribution < 1.29 is 19.1 Å². The molecule has 0 aliphatic carbocycles. The van der Waals surface area contributed by atoms with Crippen molar-refractivity contribution in [2.24, 2.45) is 0 Å². The first-order valence-electron chi connectivity index (χ1n) is 7.93. The van der Waals surface area contributed by atoms with Crippen molar-refractivity contribution in [2.45, 2.75) is 6.92 Å². The van der Waals surface area contributed by atoms with E-state index in [0.717, 1.165) is 10.0 Å². The molecule has 2 rings (SSSR count). The maximum atomic E-state index is 12.1. The van der Waals surface area contributed by atoms with Crippen LogP contribution < -0.4 is 25.6 Å². The monoisotopic (exact) mass is 529 g/mol. The second kappa shape index (κ2) is 10.4. The smallest absolute Gasteiger partial charge is 0.269 e. The number of hydrogen-bond acceptors (Lipinski definition) is 5. The molecule has 28 heavy (non-hydrogen) atoms. The average Bonchev–Trinajstić information content (AvgIpc) is 2.67. The van der Waals surface area contributed by atoms with Crippen LogP contribution in [-0.4, -0.2) is 30.6 Å². The first kappa shape index (κ1) is 22.1. The summed E-state index contributed by atoms with van der Waals surface area (Å²) in [5, 5.41) is 2.36. The lowest BCUT2D eigenvalue weighted by molar-refractivity contribution is -0.121. The molecule has 0 spiro atoms. The van der Waals surface area contributed by atoms with Gasteiger partial charge in [-0.3, -0.25) is 25.8 Å². The molecule has 0 aromatic heterocycles. The molecule has 148 valence electrons. The Morgan fingerprint density at radius 1 is 1.07 bits per heavy atom. The first-order valence-corrected chi connectivity index (χ1v) is 9.92. The van der Waals surface area contributed by atoms with E-state index in [9.17, 15) is 9.59 Å². The number of thiocarbonyl (C=S) groups is 1. The number of hydrazine groups is 1. The van der Waals surface area contributed by atoms with Gasteiger partial charge in [0, 0.05) is 10.0 Å². The zero-order valence-corrected chi connectivity index (χ0v) is 19.0. The molecule has 0 saturated carbocycles. The van der Waals surface area contributed by atoms with Crippen LogP contribution in [-0.2, 0) is 4.79 Å². The second-order valence-corrected chi connectivity index (χ2v) is 7.62. The third kappa shape index (κ3) is 6.47. The first-order chi connectivity index (χ1) is 13.3. The van der Waals surface area contributed by atoms with E-state index in [1.54, 1.807) is 30.3 Å². The molecule has 10 heteroatoms. The van der Waals surface area contributed by atoms with Crippen LogP contribution in [0.15, 0.2) is 45.3 Å². The molecule has 0 aliphatic heterocycles. The Bertz CT molecular complexity index is 908. The fourth-order valence-corrected chi connectivity index (χ4v) is 3.00. The predicted octanol–water partition coefficient (Wildman–Crippen LogP) is 3.24. The molecule has 0 unspecified atom stereocenters. The lowest BCUT2D eigenvalue weighted by Crippen LogP contribution is -2.49. The molecule has 7 nitrogen and oxygen atoms in total. The molecule has 2 amide bonds. The van der Waals surface area contributed by atoms with Crippen molar-refractivity contribution in [3.8, 4) is 11.5 Å². The number of methoxy groups -OCH3 is 1. The zero-order valence-electron chi connectivity index (χ0n) is 15.0. The lowest BCUT2D eigenvalue weighted by Gasteiger charge is -2.12. The van der Waals surface area contributed by atoms with Gasteiger partial charge in [-0.1, -0.05) is 15.9 Å². The number of amides is 2. The van der Waals surface area contributed by atoms with Crippen molar-refractivity contribution in [3.63, 3.8) is 0 Å². The van der Waals surface area contributed by atoms with Gasteiger partial charge in [-0.25, -0.2) is 0 Å². The van der Waals surface area contributed by atoms with E-state index in [1.165, 1.54) is 7.11 Å². The van der Waals surface area contributed by atoms with Crippen LogP contribution >= 0.6 is 44.1 Å². The Balaban J connectivity index is 1.78. The topological polar surface area (TPSA) is 88.7 Å². The largest absolute Gasteiger partial charge is 0.496 e. The van der Waals surface area contributed by atoms with E-state index in [1.807, 2.05) is 13.0 Å². The average molecular weight is 531 g/mol. The molecule has 0 fully saturated rings. The van der Waals surface area contributed by atoms with Gasteiger partial charge in [0.15, 0.2) is 11.7 Å². The normalized spacial score (nSPS) is 10.0. The molecule has 2 aromatic rings. The van der Waals surface area contributed by atoms with Gasteiger partial charge in [0.05, 0.1) is 11.6 Å². The number of halogens is 2. The number of ether oxygens (including phenoxy) is 2. The summed E-state index contributed by atoms with van der Waals surface area (Å²) in [7, 11) is 1.53. The Morgan fingerprint density at radius 2 is 1.82 bits per heavy atom. The van der Waals surface area contributed by atoms with Gasteiger partial charge in [0.2, 0.25) is 0 Å². The van der Waals surface area contributed by atoms with E-state index in [0.29, 0.717) is 21.5 Å². The maximum Gasteiger partial charge on any atom is 0.269 e. The van der Waals surface area contributed by atoms with E-state index in [-0.39, 0.29) is 11.7 Å². The Hall–Kier alpha value is -2.17. The third-order valence-electron chi connectivity index (χ3n) is 3.46. The summed E-state index contributed by atoms with van der Waals surface area (Å²) >= 11 is 11.7. The summed E-state index contributed by atoms with van der Waals surface area (Å²) in [5.74, 6) is 0.280. The summed E-state index contributed by atoms with van der Waals surface area (Å²) in [6.07, 6.45) is 0. The van der Waals surface area contributed by atoms with Gasteiger partial charge < -0.3 is 9.47 Å². The highest BCUT2D eigenvalue weighted by Crippen LogP contribution is 2.25. The van der Waals surface area contributed by atoms with Crippen LogP contribution in [0.25, 0.3) is 0 Å². The van der Waals surface area contributed by atoms with Gasteiger partial charge >= 0.3 is 0 Å². The van der Waals surface area contributed by atoms with Crippen LogP contribution in [0, 0.1) is 6.92 Å². The number of nitrogens with one attached hydrogen (secondary N) is 3. The molecule has 0 heterocycles. The SMILES string of the molecule is COc1ccc(C(=O)NNC(=S)NC(=O)COc2ccc(Br)c(C)c2)cc1Br. The molecule has 0 radical (unpaired) electrons. The highest BCUT2D eigenvalue weighted by Gasteiger charge is 2.11. The van der Waals surface area contributed by atoms with E-state index >= 15 is 0 Å². The molecule has 3 N–H and O–H groups in total. The summed E-state index contributed by atoms with van der Waals surface area (Å²) in [6.45, 7) is 1.70. The number of carbonyl (C=O) groups is 2. The minimum atomic E-state index is -0.459. The van der Waals surface area contributed by atoms with E-state index in [4.69, 9.17) is 21.7 Å². The predicted molar refractivity (Wildman–Crippen MR) is 116 cm³/mol. The summed E-state index contributed by atoms with van der Waals surface area (Å²) in [4.78, 5) is 24.0. The van der Waals surface area contributed by atoms with Gasteiger partial charge in [-0.05, 0) is 77.0 Å². The minimum Gasteiger partial charge on any atom is -0.496 e. The number of hydrogen-bond donors (Lipinski definition) is 3. The fourth-order valence-electron chi connectivity index (χ4n) is 2.04. The van der Waals surface area contributed by atoms with Gasteiger partial charge in [-0.2, -0.15) is 0 Å². The lowest BCUT2D eigenvalue weighted by atomic mass is 10.2. The van der Waals surface area contributed by atoms with Crippen molar-refractivity contribution in [1.82, 2.24) is 16.2 Å². The number of rotatable bonds is 5. The third-order valence-corrected chi connectivity index (χ3v) is 5.17.